The molecule has 1 unspecified atom stereocenters. The average molecular weight is 403 g/mol. The summed E-state index contributed by atoms with van der Waals surface area (Å²) in [6, 6.07) is 2.32. The molecule has 0 bridgehead atoms. The van der Waals surface area contributed by atoms with Crippen molar-refractivity contribution in [1.82, 2.24) is 9.88 Å². The Morgan fingerprint density at radius 3 is 2.70 bits per heavy atom. The number of sulfonamides is 1. The molecule has 2 saturated heterocycles. The summed E-state index contributed by atoms with van der Waals surface area (Å²) in [7, 11) is -3.33. The van der Waals surface area contributed by atoms with Crippen LogP contribution in [0.5, 0.6) is 0 Å². The number of hydrogen-bond acceptors (Lipinski definition) is 5. The molecule has 0 radical (unpaired) electrons. The van der Waals surface area contributed by atoms with Crippen molar-refractivity contribution in [2.45, 2.75) is 31.7 Å². The van der Waals surface area contributed by atoms with E-state index in [9.17, 15) is 8.42 Å². The fourth-order valence-electron chi connectivity index (χ4n) is 3.47. The van der Waals surface area contributed by atoms with Crippen LogP contribution in [-0.2, 0) is 10.0 Å². The minimum Gasteiger partial charge on any atom is -0.353 e. The molecule has 0 aromatic carbocycles. The van der Waals surface area contributed by atoms with Crippen LogP contribution >= 0.6 is 15.9 Å². The van der Waals surface area contributed by atoms with Crippen LogP contribution in [0.15, 0.2) is 16.7 Å². The predicted molar refractivity (Wildman–Crippen MR) is 96.4 cm³/mol. The summed E-state index contributed by atoms with van der Waals surface area (Å²) in [4.78, 5) is 9.23. The summed E-state index contributed by atoms with van der Waals surface area (Å²) in [6.45, 7) is 4.18. The van der Waals surface area contributed by atoms with E-state index >= 15 is 0 Å². The van der Waals surface area contributed by atoms with Gasteiger partial charge in [-0.3, -0.25) is 9.62 Å². The lowest BCUT2D eigenvalue weighted by Crippen LogP contribution is -2.41. The fraction of sp³-hybridized carbons (Fsp3) is 0.667. The van der Waals surface area contributed by atoms with Crippen molar-refractivity contribution in [3.63, 3.8) is 0 Å². The molecule has 0 amide bonds. The molecule has 0 saturated carbocycles. The van der Waals surface area contributed by atoms with Gasteiger partial charge in [-0.1, -0.05) is 6.42 Å². The van der Waals surface area contributed by atoms with Crippen molar-refractivity contribution in [2.75, 3.05) is 42.1 Å². The molecule has 2 aliphatic heterocycles. The van der Waals surface area contributed by atoms with Gasteiger partial charge in [-0.25, -0.2) is 13.4 Å². The highest BCUT2D eigenvalue weighted by Crippen LogP contribution is 2.31. The molecular weight excluding hydrogens is 380 g/mol. The van der Waals surface area contributed by atoms with Crippen LogP contribution < -0.4 is 9.62 Å². The first-order valence-electron chi connectivity index (χ1n) is 8.05. The third-order valence-electron chi connectivity index (χ3n) is 4.50. The Bertz CT molecular complexity index is 661. The van der Waals surface area contributed by atoms with Crippen molar-refractivity contribution in [2.24, 2.45) is 0 Å². The van der Waals surface area contributed by atoms with Gasteiger partial charge >= 0.3 is 0 Å². The van der Waals surface area contributed by atoms with E-state index in [1.165, 1.54) is 32.4 Å². The molecule has 23 heavy (non-hydrogen) atoms. The Balaban J connectivity index is 1.76. The maximum atomic E-state index is 11.6. The lowest BCUT2D eigenvalue weighted by Gasteiger charge is -2.32. The number of pyridine rings is 1. The van der Waals surface area contributed by atoms with Gasteiger partial charge in [0.2, 0.25) is 10.0 Å². The molecule has 0 aliphatic carbocycles. The van der Waals surface area contributed by atoms with Crippen molar-refractivity contribution in [3.05, 3.63) is 16.7 Å². The number of piperidine rings is 1. The van der Waals surface area contributed by atoms with Crippen LogP contribution in [-0.4, -0.2) is 56.8 Å². The summed E-state index contributed by atoms with van der Waals surface area (Å²) >= 11 is 3.36. The van der Waals surface area contributed by atoms with E-state index in [4.69, 9.17) is 0 Å². The van der Waals surface area contributed by atoms with Crippen LogP contribution in [0.2, 0.25) is 0 Å². The summed E-state index contributed by atoms with van der Waals surface area (Å²) in [6.07, 6.45) is 7.90. The number of rotatable bonds is 4. The quantitative estimate of drug-likeness (QED) is 0.836. The standard InChI is InChI=1S/C15H23BrN4O2S/c1-23(21,22)18-14-9-12(16)10-17-15(14)20-8-5-13(11-20)19-6-3-2-4-7-19/h9-10,13,18H,2-8,11H2,1H3. The third-order valence-corrected chi connectivity index (χ3v) is 5.52. The van der Waals surface area contributed by atoms with Gasteiger partial charge in [0.15, 0.2) is 5.82 Å². The highest BCUT2D eigenvalue weighted by Gasteiger charge is 2.30. The predicted octanol–water partition coefficient (Wildman–Crippen LogP) is 2.28. The number of halogens is 1. The highest BCUT2D eigenvalue weighted by molar-refractivity contribution is 9.10. The Kier molecular flexibility index (Phi) is 5.13. The van der Waals surface area contributed by atoms with Crippen LogP contribution in [0.1, 0.15) is 25.7 Å². The van der Waals surface area contributed by atoms with Crippen molar-refractivity contribution in [3.8, 4) is 0 Å². The molecule has 1 aromatic rings. The number of aromatic nitrogens is 1. The average Bonchev–Trinajstić information content (AvgIpc) is 2.96. The Labute approximate surface area is 146 Å². The first kappa shape index (κ1) is 17.0. The molecule has 1 atom stereocenters. The minimum absolute atomic E-state index is 0.543. The second-order valence-corrected chi connectivity index (χ2v) is 9.05. The molecule has 6 nitrogen and oxygen atoms in total. The topological polar surface area (TPSA) is 65.5 Å². The van der Waals surface area contributed by atoms with Crippen LogP contribution in [0.25, 0.3) is 0 Å². The first-order valence-corrected chi connectivity index (χ1v) is 10.7. The molecule has 8 heteroatoms. The number of nitrogens with one attached hydrogen (secondary N) is 1. The summed E-state index contributed by atoms with van der Waals surface area (Å²) in [5, 5.41) is 0. The molecule has 0 spiro atoms. The Morgan fingerprint density at radius 1 is 1.26 bits per heavy atom. The van der Waals surface area contributed by atoms with E-state index < -0.39 is 10.0 Å². The largest absolute Gasteiger partial charge is 0.353 e. The van der Waals surface area contributed by atoms with Gasteiger partial charge in [0, 0.05) is 29.8 Å². The van der Waals surface area contributed by atoms with Gasteiger partial charge in [-0.15, -0.1) is 0 Å². The lowest BCUT2D eigenvalue weighted by molar-refractivity contribution is 0.175. The maximum Gasteiger partial charge on any atom is 0.229 e. The first-order chi connectivity index (χ1) is 10.9. The lowest BCUT2D eigenvalue weighted by atomic mass is 10.1. The van der Waals surface area contributed by atoms with Gasteiger partial charge in [0.05, 0.1) is 11.9 Å². The van der Waals surface area contributed by atoms with Gasteiger partial charge < -0.3 is 4.90 Å². The SMILES string of the molecule is CS(=O)(=O)Nc1cc(Br)cnc1N1CCC(N2CCCCC2)C1. The van der Waals surface area contributed by atoms with Crippen LogP contribution in [0, 0.1) is 0 Å². The van der Waals surface area contributed by atoms with E-state index in [1.54, 1.807) is 12.3 Å². The van der Waals surface area contributed by atoms with Crippen LogP contribution in [0.3, 0.4) is 0 Å². The van der Waals surface area contributed by atoms with Gasteiger partial charge in [-0.2, -0.15) is 0 Å². The molecule has 1 aromatic heterocycles. The second-order valence-electron chi connectivity index (χ2n) is 6.38. The number of hydrogen-bond donors (Lipinski definition) is 1. The Hall–Kier alpha value is -0.860. The zero-order valence-corrected chi connectivity index (χ0v) is 15.7. The monoisotopic (exact) mass is 402 g/mol. The second kappa shape index (κ2) is 6.94. The molecule has 1 N–H and O–H groups in total. The Morgan fingerprint density at radius 2 is 2.00 bits per heavy atom. The molecule has 2 fully saturated rings. The molecular formula is C15H23BrN4O2S. The summed E-state index contributed by atoms with van der Waals surface area (Å²) in [5.41, 5.74) is 0.543. The molecule has 3 heterocycles. The van der Waals surface area contributed by atoms with Crippen LogP contribution in [0.4, 0.5) is 11.5 Å². The van der Waals surface area contributed by atoms with E-state index in [2.05, 4.69) is 35.4 Å². The van der Waals surface area contributed by atoms with Crippen molar-refractivity contribution in [1.29, 1.82) is 0 Å². The van der Waals surface area contributed by atoms with Gasteiger partial charge in [-0.05, 0) is 54.3 Å². The number of anilines is 2. The molecule has 128 valence electrons. The zero-order valence-electron chi connectivity index (χ0n) is 13.3. The van der Waals surface area contributed by atoms with Crippen molar-refractivity contribution < 1.29 is 8.42 Å². The van der Waals surface area contributed by atoms with E-state index in [1.807, 2.05) is 0 Å². The normalized spacial score (nSPS) is 23.2. The number of likely N-dealkylation sites (tertiary alicyclic amines) is 1. The molecule has 3 rings (SSSR count). The summed E-state index contributed by atoms with van der Waals surface area (Å²) < 4.78 is 26.6. The zero-order chi connectivity index (χ0) is 16.4. The van der Waals surface area contributed by atoms with E-state index in [0.29, 0.717) is 11.7 Å². The van der Waals surface area contributed by atoms with E-state index in [-0.39, 0.29) is 0 Å². The summed E-state index contributed by atoms with van der Waals surface area (Å²) in [5.74, 6) is 0.720. The third kappa shape index (κ3) is 4.36. The highest BCUT2D eigenvalue weighted by atomic mass is 79.9. The van der Waals surface area contributed by atoms with Gasteiger partial charge in [0.1, 0.15) is 0 Å². The molecule has 2 aliphatic rings. The number of nitrogens with zero attached hydrogens (tertiary/aromatic N) is 3. The van der Waals surface area contributed by atoms with Gasteiger partial charge in [0.25, 0.3) is 0 Å². The maximum absolute atomic E-state index is 11.6. The van der Waals surface area contributed by atoms with E-state index in [0.717, 1.165) is 36.1 Å². The fourth-order valence-corrected chi connectivity index (χ4v) is 4.36. The minimum atomic E-state index is -3.33. The smallest absolute Gasteiger partial charge is 0.229 e. The van der Waals surface area contributed by atoms with Crippen molar-refractivity contribution >= 4 is 37.5 Å².